The summed E-state index contributed by atoms with van der Waals surface area (Å²) < 4.78 is 13.1. The summed E-state index contributed by atoms with van der Waals surface area (Å²) in [5, 5.41) is 4.95. The monoisotopic (exact) mass is 371 g/mol. The van der Waals surface area contributed by atoms with Crippen LogP contribution in [0.25, 0.3) is 16.7 Å². The van der Waals surface area contributed by atoms with Crippen LogP contribution >= 0.6 is 11.9 Å². The topological polar surface area (TPSA) is 95.8 Å². The number of hydrogen-bond donors (Lipinski definition) is 2. The second-order valence-electron chi connectivity index (χ2n) is 6.76. The van der Waals surface area contributed by atoms with Crippen LogP contribution in [0, 0.1) is 0 Å². The molecule has 0 aliphatic carbocycles. The first kappa shape index (κ1) is 16.9. The van der Waals surface area contributed by atoms with E-state index in [2.05, 4.69) is 9.82 Å². The highest BCUT2D eigenvalue weighted by Crippen LogP contribution is 2.35. The summed E-state index contributed by atoms with van der Waals surface area (Å²) in [6.45, 7) is 5.96. The Labute approximate surface area is 155 Å². The zero-order chi connectivity index (χ0) is 18.5. The molecule has 9 heteroatoms. The molecule has 4 rings (SSSR count). The summed E-state index contributed by atoms with van der Waals surface area (Å²) in [4.78, 5) is 9.51. The van der Waals surface area contributed by atoms with Gasteiger partial charge < -0.3 is 15.0 Å². The summed E-state index contributed by atoms with van der Waals surface area (Å²) in [6.07, 6.45) is 7.60. The van der Waals surface area contributed by atoms with Crippen LogP contribution in [-0.4, -0.2) is 30.4 Å². The minimum Gasteiger partial charge on any atom is -0.473 e. The molecule has 1 atom stereocenters. The molecular weight excluding hydrogens is 350 g/mol. The van der Waals surface area contributed by atoms with Gasteiger partial charge in [0, 0.05) is 19.4 Å². The number of hydrogen-bond acceptors (Lipinski definition) is 7. The summed E-state index contributed by atoms with van der Waals surface area (Å²) in [5.74, 6) is 1.17. The van der Waals surface area contributed by atoms with Gasteiger partial charge in [0.2, 0.25) is 5.88 Å². The molecule has 0 amide bonds. The highest BCUT2D eigenvalue weighted by molar-refractivity contribution is 8.01. The van der Waals surface area contributed by atoms with E-state index >= 15 is 0 Å². The van der Waals surface area contributed by atoms with Gasteiger partial charge in [-0.3, -0.25) is 4.68 Å². The van der Waals surface area contributed by atoms with Gasteiger partial charge in [-0.2, -0.15) is 10.1 Å². The van der Waals surface area contributed by atoms with Crippen molar-refractivity contribution < 1.29 is 4.74 Å². The molecule has 3 N–H and O–H groups in total. The van der Waals surface area contributed by atoms with Crippen LogP contribution in [0.1, 0.15) is 26.6 Å². The van der Waals surface area contributed by atoms with Crippen molar-refractivity contribution in [2.45, 2.75) is 32.4 Å². The smallest absolute Gasteiger partial charge is 0.242 e. The van der Waals surface area contributed by atoms with E-state index in [-0.39, 0.29) is 6.10 Å². The zero-order valence-electron chi connectivity index (χ0n) is 15.1. The molecule has 0 spiro atoms. The highest BCUT2D eigenvalue weighted by Gasteiger charge is 2.34. The first-order valence-corrected chi connectivity index (χ1v) is 9.15. The molecule has 136 valence electrons. The van der Waals surface area contributed by atoms with E-state index in [9.17, 15) is 0 Å². The molecule has 0 bridgehead atoms. The van der Waals surface area contributed by atoms with Crippen LogP contribution in [0.3, 0.4) is 0 Å². The van der Waals surface area contributed by atoms with Gasteiger partial charge in [-0.15, -0.1) is 0 Å². The van der Waals surface area contributed by atoms with Gasteiger partial charge in [0.15, 0.2) is 5.82 Å². The fourth-order valence-corrected chi connectivity index (χ4v) is 3.69. The molecule has 3 aromatic rings. The van der Waals surface area contributed by atoms with E-state index in [0.29, 0.717) is 16.7 Å². The minimum atomic E-state index is -0.547. The normalized spacial score (nSPS) is 20.1. The van der Waals surface area contributed by atoms with Crippen LogP contribution in [0.5, 0.6) is 5.88 Å². The fraction of sp³-hybridized carbons (Fsp3) is 0.353. The number of nitrogens with zero attached hydrogens (tertiary/aromatic N) is 5. The number of aromatic nitrogens is 5. The average Bonchev–Trinajstić information content (AvgIpc) is 3.26. The fourth-order valence-electron chi connectivity index (χ4n) is 2.92. The minimum absolute atomic E-state index is 0.0162. The predicted molar refractivity (Wildman–Crippen MR) is 102 cm³/mol. The molecule has 0 saturated heterocycles. The molecule has 0 saturated carbocycles. The molecule has 1 aliphatic rings. The third-order valence-corrected chi connectivity index (χ3v) is 4.97. The number of rotatable bonds is 4. The van der Waals surface area contributed by atoms with Crippen molar-refractivity contribution >= 4 is 23.0 Å². The molecule has 1 aliphatic heterocycles. The van der Waals surface area contributed by atoms with Gasteiger partial charge >= 0.3 is 0 Å². The molecule has 0 aromatic carbocycles. The third-order valence-electron chi connectivity index (χ3n) is 4.09. The molecule has 0 radical (unpaired) electrons. The summed E-state index contributed by atoms with van der Waals surface area (Å²) in [7, 11) is 1.89. The van der Waals surface area contributed by atoms with Crippen molar-refractivity contribution in [3.63, 3.8) is 0 Å². The Kier molecular flexibility index (Phi) is 3.92. The highest BCUT2D eigenvalue weighted by atomic mass is 32.2. The first-order valence-electron chi connectivity index (χ1n) is 8.33. The summed E-state index contributed by atoms with van der Waals surface area (Å²) in [6, 6.07) is 1.96. The second kappa shape index (κ2) is 6.03. The standard InChI is InChI=1S/C17H21N7OS/c1-10(2)25-15-14-12(5-6-24(14)11-8-19-23(4)9-11)20-16(21-15)17(3)7-13(18)26-22-17/h5-10,22H,18H2,1-4H3. The Morgan fingerprint density at radius 3 is 2.77 bits per heavy atom. The lowest BCUT2D eigenvalue weighted by atomic mass is 10.0. The van der Waals surface area contributed by atoms with Crippen LogP contribution in [0.15, 0.2) is 35.8 Å². The van der Waals surface area contributed by atoms with E-state index in [0.717, 1.165) is 16.7 Å². The van der Waals surface area contributed by atoms with Crippen molar-refractivity contribution in [3.8, 4) is 11.6 Å². The molecular formula is C17H21N7OS. The van der Waals surface area contributed by atoms with Crippen molar-refractivity contribution in [2.75, 3.05) is 0 Å². The van der Waals surface area contributed by atoms with E-state index in [1.807, 2.05) is 56.9 Å². The van der Waals surface area contributed by atoms with Crippen LogP contribution < -0.4 is 15.2 Å². The molecule has 26 heavy (non-hydrogen) atoms. The molecule has 1 unspecified atom stereocenters. The van der Waals surface area contributed by atoms with Crippen LogP contribution in [0.2, 0.25) is 0 Å². The molecule has 0 fully saturated rings. The van der Waals surface area contributed by atoms with Gasteiger partial charge in [0.25, 0.3) is 0 Å². The van der Waals surface area contributed by atoms with Gasteiger partial charge in [0.05, 0.1) is 28.5 Å². The second-order valence-corrected chi connectivity index (χ2v) is 7.64. The largest absolute Gasteiger partial charge is 0.473 e. The van der Waals surface area contributed by atoms with E-state index < -0.39 is 5.54 Å². The lowest BCUT2D eigenvalue weighted by Gasteiger charge is -2.21. The van der Waals surface area contributed by atoms with Crippen molar-refractivity contribution in [1.82, 2.24) is 29.0 Å². The molecule has 8 nitrogen and oxygen atoms in total. The average molecular weight is 371 g/mol. The van der Waals surface area contributed by atoms with Crippen molar-refractivity contribution in [2.24, 2.45) is 12.8 Å². The number of ether oxygens (including phenoxy) is 1. The van der Waals surface area contributed by atoms with E-state index in [4.69, 9.17) is 20.4 Å². The molecule has 3 aromatic heterocycles. The lowest BCUT2D eigenvalue weighted by Crippen LogP contribution is -2.32. The van der Waals surface area contributed by atoms with E-state index in [1.54, 1.807) is 10.9 Å². The van der Waals surface area contributed by atoms with Crippen molar-refractivity contribution in [1.29, 1.82) is 0 Å². The molecule has 4 heterocycles. The number of aryl methyl sites for hydroxylation is 1. The first-order chi connectivity index (χ1) is 12.4. The SMILES string of the molecule is CC(C)Oc1nc(C2(C)C=C(N)SN2)nc2ccn(-c3cnn(C)c3)c12. The van der Waals surface area contributed by atoms with Gasteiger partial charge in [-0.25, -0.2) is 9.71 Å². The zero-order valence-corrected chi connectivity index (χ0v) is 15.9. The Morgan fingerprint density at radius 2 is 2.15 bits per heavy atom. The number of nitrogens with one attached hydrogen (secondary N) is 1. The number of fused-ring (bicyclic) bond motifs is 1. The lowest BCUT2D eigenvalue weighted by molar-refractivity contribution is 0.233. The Bertz CT molecular complexity index is 1010. The van der Waals surface area contributed by atoms with Crippen LogP contribution in [-0.2, 0) is 12.6 Å². The van der Waals surface area contributed by atoms with Gasteiger partial charge in [0.1, 0.15) is 11.1 Å². The Hall–Kier alpha value is -2.52. The van der Waals surface area contributed by atoms with Crippen molar-refractivity contribution in [3.05, 3.63) is 41.6 Å². The Morgan fingerprint density at radius 1 is 1.35 bits per heavy atom. The van der Waals surface area contributed by atoms with Crippen LogP contribution in [0.4, 0.5) is 0 Å². The number of nitrogens with two attached hydrogens (primary N) is 1. The quantitative estimate of drug-likeness (QED) is 0.679. The summed E-state index contributed by atoms with van der Waals surface area (Å²) >= 11 is 1.38. The van der Waals surface area contributed by atoms with Gasteiger partial charge in [-0.1, -0.05) is 0 Å². The maximum absolute atomic E-state index is 6.04. The predicted octanol–water partition coefficient (Wildman–Crippen LogP) is 2.21. The summed E-state index contributed by atoms with van der Waals surface area (Å²) in [5.41, 5.74) is 7.93. The Balaban J connectivity index is 1.91. The van der Waals surface area contributed by atoms with E-state index in [1.165, 1.54) is 11.9 Å². The third kappa shape index (κ3) is 2.82. The maximum Gasteiger partial charge on any atom is 0.242 e. The van der Waals surface area contributed by atoms with Gasteiger partial charge in [-0.05, 0) is 44.9 Å². The maximum atomic E-state index is 6.04.